The number of amides is 1. The maximum atomic E-state index is 13.6. The molecular weight excluding hydrogens is 305 g/mol. The molecule has 0 radical (unpaired) electrons. The molecule has 2 aromatic rings. The van der Waals surface area contributed by atoms with Gasteiger partial charge in [-0.2, -0.15) is 0 Å². The van der Waals surface area contributed by atoms with Crippen LogP contribution in [-0.2, 0) is 4.79 Å². The number of benzene rings is 2. The molecule has 0 bridgehead atoms. The maximum Gasteiger partial charge on any atom is 0.246 e. The third kappa shape index (κ3) is 3.83. The van der Waals surface area contributed by atoms with E-state index in [9.17, 15) is 18.0 Å². The van der Waals surface area contributed by atoms with Crippen molar-refractivity contribution in [2.24, 2.45) is 0 Å². The van der Waals surface area contributed by atoms with Crippen molar-refractivity contribution >= 4 is 17.3 Å². The van der Waals surface area contributed by atoms with E-state index in [1.807, 2.05) is 32.0 Å². The molecule has 2 N–H and O–H groups in total. The molecule has 0 aliphatic rings. The van der Waals surface area contributed by atoms with Crippen LogP contribution in [0.25, 0.3) is 0 Å². The Morgan fingerprint density at radius 3 is 2.39 bits per heavy atom. The van der Waals surface area contributed by atoms with Crippen molar-refractivity contribution in [3.63, 3.8) is 0 Å². The monoisotopic (exact) mass is 322 g/mol. The third-order valence-corrected chi connectivity index (χ3v) is 3.45. The second-order valence-electron chi connectivity index (χ2n) is 5.40. The van der Waals surface area contributed by atoms with Crippen LogP contribution in [0.5, 0.6) is 0 Å². The highest BCUT2D eigenvalue weighted by Crippen LogP contribution is 2.21. The number of hydrogen-bond donors (Lipinski definition) is 2. The number of rotatable bonds is 4. The van der Waals surface area contributed by atoms with E-state index >= 15 is 0 Å². The Morgan fingerprint density at radius 2 is 1.70 bits per heavy atom. The predicted octanol–water partition coefficient (Wildman–Crippen LogP) is 4.16. The average molecular weight is 322 g/mol. The number of carbonyl (C=O) groups excluding carboxylic acids is 1. The van der Waals surface area contributed by atoms with Gasteiger partial charge in [-0.1, -0.05) is 12.1 Å². The third-order valence-electron chi connectivity index (χ3n) is 3.45. The first kappa shape index (κ1) is 16.9. The molecular formula is C17H17F3N2O. The lowest BCUT2D eigenvalue weighted by molar-refractivity contribution is -0.116. The van der Waals surface area contributed by atoms with Crippen molar-refractivity contribution in [2.45, 2.75) is 26.8 Å². The predicted molar refractivity (Wildman–Crippen MR) is 83.9 cm³/mol. The van der Waals surface area contributed by atoms with Gasteiger partial charge < -0.3 is 10.6 Å². The molecule has 0 saturated heterocycles. The first-order valence-corrected chi connectivity index (χ1v) is 7.07. The molecule has 0 aliphatic heterocycles. The van der Waals surface area contributed by atoms with Crippen LogP contribution in [0.4, 0.5) is 24.5 Å². The van der Waals surface area contributed by atoms with Crippen molar-refractivity contribution in [1.82, 2.24) is 0 Å². The van der Waals surface area contributed by atoms with E-state index in [0.29, 0.717) is 0 Å². The van der Waals surface area contributed by atoms with Gasteiger partial charge in [-0.15, -0.1) is 0 Å². The van der Waals surface area contributed by atoms with Gasteiger partial charge in [-0.05, 0) is 50.1 Å². The van der Waals surface area contributed by atoms with Gasteiger partial charge in [0, 0.05) is 5.69 Å². The van der Waals surface area contributed by atoms with E-state index in [0.717, 1.165) is 28.9 Å². The molecule has 1 unspecified atom stereocenters. The van der Waals surface area contributed by atoms with Gasteiger partial charge in [-0.25, -0.2) is 13.2 Å². The van der Waals surface area contributed by atoms with Crippen LogP contribution < -0.4 is 10.6 Å². The van der Waals surface area contributed by atoms with E-state index < -0.39 is 35.1 Å². The van der Waals surface area contributed by atoms with Crippen LogP contribution in [0, 0.1) is 31.3 Å². The highest BCUT2D eigenvalue weighted by Gasteiger charge is 2.18. The fourth-order valence-corrected chi connectivity index (χ4v) is 2.05. The van der Waals surface area contributed by atoms with E-state index in [1.54, 1.807) is 6.92 Å². The van der Waals surface area contributed by atoms with Gasteiger partial charge in [-0.3, -0.25) is 4.79 Å². The second-order valence-corrected chi connectivity index (χ2v) is 5.40. The topological polar surface area (TPSA) is 41.1 Å². The molecule has 0 fully saturated rings. The highest BCUT2D eigenvalue weighted by atomic mass is 19.2. The quantitative estimate of drug-likeness (QED) is 0.830. The van der Waals surface area contributed by atoms with E-state index in [2.05, 4.69) is 10.6 Å². The van der Waals surface area contributed by atoms with Crippen molar-refractivity contribution in [3.8, 4) is 0 Å². The Labute approximate surface area is 132 Å². The van der Waals surface area contributed by atoms with Crippen molar-refractivity contribution in [3.05, 3.63) is 58.9 Å². The highest BCUT2D eigenvalue weighted by molar-refractivity contribution is 5.96. The Hall–Kier alpha value is -2.50. The molecule has 122 valence electrons. The molecule has 23 heavy (non-hydrogen) atoms. The van der Waals surface area contributed by atoms with E-state index in [-0.39, 0.29) is 0 Å². The molecule has 3 nitrogen and oxygen atoms in total. The molecule has 2 aromatic carbocycles. The number of hydrogen-bond acceptors (Lipinski definition) is 2. The minimum absolute atomic E-state index is 0.400. The lowest BCUT2D eigenvalue weighted by atomic mass is 10.1. The van der Waals surface area contributed by atoms with Gasteiger partial charge in [0.1, 0.15) is 6.04 Å². The summed E-state index contributed by atoms with van der Waals surface area (Å²) in [5, 5.41) is 5.26. The molecule has 0 spiro atoms. The van der Waals surface area contributed by atoms with Gasteiger partial charge in [0.15, 0.2) is 17.5 Å². The minimum Gasteiger partial charge on any atom is -0.374 e. The Morgan fingerprint density at radius 1 is 1.00 bits per heavy atom. The fourth-order valence-electron chi connectivity index (χ4n) is 2.05. The largest absolute Gasteiger partial charge is 0.374 e. The summed E-state index contributed by atoms with van der Waals surface area (Å²) in [5.74, 6) is -4.90. The number of aryl methyl sites for hydroxylation is 2. The molecule has 1 amide bonds. The lowest BCUT2D eigenvalue weighted by Gasteiger charge is -2.17. The lowest BCUT2D eigenvalue weighted by Crippen LogP contribution is -2.32. The summed E-state index contributed by atoms with van der Waals surface area (Å²) in [5.41, 5.74) is 2.36. The summed E-state index contributed by atoms with van der Waals surface area (Å²) in [6.45, 7) is 5.41. The standard InChI is InChI=1S/C17H17F3N2O/c1-9-4-5-10(2)14(8-9)21-11(3)17(23)22-13-7-6-12(18)15(19)16(13)20/h4-8,11,21H,1-3H3,(H,22,23). The van der Waals surface area contributed by atoms with Crippen LogP contribution in [0.1, 0.15) is 18.1 Å². The minimum atomic E-state index is -1.61. The zero-order valence-corrected chi connectivity index (χ0v) is 13.0. The van der Waals surface area contributed by atoms with E-state index in [1.165, 1.54) is 0 Å². The van der Waals surface area contributed by atoms with Crippen molar-refractivity contribution in [2.75, 3.05) is 10.6 Å². The second kappa shape index (κ2) is 6.73. The molecule has 2 rings (SSSR count). The molecule has 0 aliphatic carbocycles. The van der Waals surface area contributed by atoms with Crippen LogP contribution in [0.2, 0.25) is 0 Å². The van der Waals surface area contributed by atoms with Crippen LogP contribution in [-0.4, -0.2) is 11.9 Å². The zero-order chi connectivity index (χ0) is 17.1. The smallest absolute Gasteiger partial charge is 0.246 e. The first-order chi connectivity index (χ1) is 10.8. The summed E-state index contributed by atoms with van der Waals surface area (Å²) in [6, 6.07) is 6.80. The number of halogens is 3. The van der Waals surface area contributed by atoms with Crippen LogP contribution in [0.3, 0.4) is 0 Å². The zero-order valence-electron chi connectivity index (χ0n) is 13.0. The van der Waals surface area contributed by atoms with Gasteiger partial charge in [0.2, 0.25) is 5.91 Å². The number of carbonyl (C=O) groups is 1. The van der Waals surface area contributed by atoms with E-state index in [4.69, 9.17) is 0 Å². The number of anilines is 2. The number of nitrogens with one attached hydrogen (secondary N) is 2. The average Bonchev–Trinajstić information content (AvgIpc) is 2.51. The molecule has 0 heterocycles. The molecule has 6 heteroatoms. The van der Waals surface area contributed by atoms with Crippen LogP contribution >= 0.6 is 0 Å². The Balaban J connectivity index is 2.12. The molecule has 0 saturated carbocycles. The van der Waals surface area contributed by atoms with Crippen LogP contribution in [0.15, 0.2) is 30.3 Å². The summed E-state index contributed by atoms with van der Waals surface area (Å²) in [7, 11) is 0. The van der Waals surface area contributed by atoms with Crippen molar-refractivity contribution in [1.29, 1.82) is 0 Å². The first-order valence-electron chi connectivity index (χ1n) is 7.07. The van der Waals surface area contributed by atoms with Gasteiger partial charge >= 0.3 is 0 Å². The van der Waals surface area contributed by atoms with Crippen molar-refractivity contribution < 1.29 is 18.0 Å². The summed E-state index contributed by atoms with van der Waals surface area (Å²) in [4.78, 5) is 12.1. The Bertz CT molecular complexity index is 747. The SMILES string of the molecule is Cc1ccc(C)c(NC(C)C(=O)Nc2ccc(F)c(F)c2F)c1. The van der Waals surface area contributed by atoms with Gasteiger partial charge in [0.25, 0.3) is 0 Å². The molecule has 1 atom stereocenters. The normalized spacial score (nSPS) is 11.9. The van der Waals surface area contributed by atoms with Gasteiger partial charge in [0.05, 0.1) is 5.69 Å². The maximum absolute atomic E-state index is 13.6. The summed E-state index contributed by atoms with van der Waals surface area (Å²) >= 11 is 0. The summed E-state index contributed by atoms with van der Waals surface area (Å²) in [6.07, 6.45) is 0. The molecule has 0 aromatic heterocycles. The summed E-state index contributed by atoms with van der Waals surface area (Å²) < 4.78 is 39.6. The fraction of sp³-hybridized carbons (Fsp3) is 0.235. The Kier molecular flexibility index (Phi) is 4.93.